The van der Waals surface area contributed by atoms with Crippen molar-refractivity contribution in [2.75, 3.05) is 37.6 Å². The SMILES string of the molecule is O[C@H](C[NH+]1CCN(c2ccc(C(F)(F)F)c[nH+]2)CC1)c1ccccc1. The van der Waals surface area contributed by atoms with Crippen LogP contribution in [0.25, 0.3) is 0 Å². The molecular weight excluding hydrogens is 331 g/mol. The van der Waals surface area contributed by atoms with E-state index in [0.717, 1.165) is 44.0 Å². The largest absolute Gasteiger partial charge is 0.419 e. The molecule has 1 saturated heterocycles. The molecule has 7 heteroatoms. The van der Waals surface area contributed by atoms with E-state index in [2.05, 4.69) is 4.98 Å². The van der Waals surface area contributed by atoms with Crippen molar-refractivity contribution in [3.63, 3.8) is 0 Å². The molecule has 0 saturated carbocycles. The van der Waals surface area contributed by atoms with Crippen LogP contribution in [0, 0.1) is 0 Å². The van der Waals surface area contributed by atoms with Crippen molar-refractivity contribution in [3.05, 3.63) is 59.8 Å². The Morgan fingerprint density at radius 2 is 1.76 bits per heavy atom. The van der Waals surface area contributed by atoms with Crippen molar-refractivity contribution in [3.8, 4) is 0 Å². The third-order valence-corrected chi connectivity index (χ3v) is 4.60. The fourth-order valence-corrected chi connectivity index (χ4v) is 3.12. The van der Waals surface area contributed by atoms with Crippen LogP contribution in [-0.2, 0) is 6.18 Å². The number of aliphatic hydroxyl groups excluding tert-OH is 1. The van der Waals surface area contributed by atoms with E-state index in [1.165, 1.54) is 11.0 Å². The van der Waals surface area contributed by atoms with Gasteiger partial charge < -0.3 is 10.0 Å². The topological polar surface area (TPSA) is 42.1 Å². The van der Waals surface area contributed by atoms with Crippen LogP contribution in [0.1, 0.15) is 17.2 Å². The summed E-state index contributed by atoms with van der Waals surface area (Å²) in [7, 11) is 0. The van der Waals surface area contributed by atoms with Gasteiger partial charge in [-0.25, -0.2) is 4.98 Å². The number of H-pyrrole nitrogens is 1. The molecule has 0 spiro atoms. The Morgan fingerprint density at radius 3 is 2.32 bits per heavy atom. The second-order valence-electron chi connectivity index (χ2n) is 6.33. The number of benzene rings is 1. The Labute approximate surface area is 144 Å². The predicted molar refractivity (Wildman–Crippen MR) is 87.2 cm³/mol. The summed E-state index contributed by atoms with van der Waals surface area (Å²) in [6.45, 7) is 3.77. The van der Waals surface area contributed by atoms with Crippen LogP contribution >= 0.6 is 0 Å². The summed E-state index contributed by atoms with van der Waals surface area (Å²) in [6.07, 6.45) is -3.82. The summed E-state index contributed by atoms with van der Waals surface area (Å²) in [5, 5.41) is 10.3. The number of quaternary nitrogens is 1. The highest BCUT2D eigenvalue weighted by Gasteiger charge is 2.33. The molecule has 0 radical (unpaired) electrons. The Bertz CT molecular complexity index is 668. The average molecular weight is 353 g/mol. The van der Waals surface area contributed by atoms with Gasteiger partial charge in [0.05, 0.1) is 5.56 Å². The number of aliphatic hydroxyl groups is 1. The third kappa shape index (κ3) is 4.49. The highest BCUT2D eigenvalue weighted by Crippen LogP contribution is 2.28. The van der Waals surface area contributed by atoms with Crippen LogP contribution in [0.3, 0.4) is 0 Å². The van der Waals surface area contributed by atoms with Crippen molar-refractivity contribution < 1.29 is 28.2 Å². The number of alkyl halides is 3. The van der Waals surface area contributed by atoms with E-state index in [-0.39, 0.29) is 0 Å². The molecule has 1 fully saturated rings. The first-order valence-corrected chi connectivity index (χ1v) is 8.34. The summed E-state index contributed by atoms with van der Waals surface area (Å²) < 4.78 is 37.8. The molecule has 0 aliphatic carbocycles. The molecule has 1 atom stereocenters. The van der Waals surface area contributed by atoms with E-state index < -0.39 is 17.8 Å². The summed E-state index contributed by atoms with van der Waals surface area (Å²) >= 11 is 0. The summed E-state index contributed by atoms with van der Waals surface area (Å²) in [5.74, 6) is 0.690. The molecule has 0 bridgehead atoms. The second-order valence-corrected chi connectivity index (χ2v) is 6.33. The van der Waals surface area contributed by atoms with E-state index in [0.29, 0.717) is 12.4 Å². The number of hydrogen-bond acceptors (Lipinski definition) is 2. The smallest absolute Gasteiger partial charge is 0.382 e. The number of halogens is 3. The fraction of sp³-hybridized carbons (Fsp3) is 0.389. The minimum absolute atomic E-state index is 0.500. The van der Waals surface area contributed by atoms with Gasteiger partial charge in [0.15, 0.2) is 0 Å². The van der Waals surface area contributed by atoms with Crippen LogP contribution in [-0.4, -0.2) is 37.8 Å². The number of pyridine rings is 1. The molecule has 0 unspecified atom stereocenters. The Hall–Kier alpha value is -2.12. The number of anilines is 1. The molecule has 25 heavy (non-hydrogen) atoms. The zero-order chi connectivity index (χ0) is 17.9. The van der Waals surface area contributed by atoms with E-state index in [4.69, 9.17) is 0 Å². The van der Waals surface area contributed by atoms with Crippen LogP contribution in [0.4, 0.5) is 19.0 Å². The first kappa shape index (κ1) is 17.7. The molecule has 2 heterocycles. The van der Waals surface area contributed by atoms with Crippen LogP contribution in [0.2, 0.25) is 0 Å². The average Bonchev–Trinajstić information content (AvgIpc) is 2.62. The van der Waals surface area contributed by atoms with Gasteiger partial charge in [0.1, 0.15) is 45.0 Å². The molecule has 1 aliphatic heterocycles. The number of hydrogen-bond donors (Lipinski definition) is 2. The van der Waals surface area contributed by atoms with E-state index in [1.54, 1.807) is 0 Å². The lowest BCUT2D eigenvalue weighted by Crippen LogP contribution is -3.15. The van der Waals surface area contributed by atoms with E-state index in [1.807, 2.05) is 35.2 Å². The summed E-state index contributed by atoms with van der Waals surface area (Å²) in [6, 6.07) is 12.1. The molecule has 134 valence electrons. The van der Waals surface area contributed by atoms with Crippen molar-refractivity contribution in [1.29, 1.82) is 0 Å². The standard InChI is InChI=1S/C18H20F3N3O/c19-18(20,21)15-6-7-17(22-12-15)24-10-8-23(9-11-24)13-16(25)14-4-2-1-3-5-14/h1-7,12,16,25H,8-11,13H2/p+2/t16-/m1/s1. The zero-order valence-electron chi connectivity index (χ0n) is 13.8. The van der Waals surface area contributed by atoms with E-state index >= 15 is 0 Å². The van der Waals surface area contributed by atoms with Crippen LogP contribution in [0.15, 0.2) is 48.7 Å². The van der Waals surface area contributed by atoms with Gasteiger partial charge in [-0.05, 0) is 11.6 Å². The number of aromatic nitrogens is 1. The van der Waals surface area contributed by atoms with Gasteiger partial charge in [-0.15, -0.1) is 0 Å². The monoisotopic (exact) mass is 353 g/mol. The lowest BCUT2D eigenvalue weighted by atomic mass is 10.1. The van der Waals surface area contributed by atoms with Crippen molar-refractivity contribution >= 4 is 5.82 Å². The van der Waals surface area contributed by atoms with Crippen LogP contribution < -0.4 is 14.8 Å². The predicted octanol–water partition coefficient (Wildman–Crippen LogP) is 0.958. The molecule has 0 amide bonds. The Kier molecular flexibility index (Phi) is 5.24. The minimum atomic E-state index is -4.33. The van der Waals surface area contributed by atoms with E-state index in [9.17, 15) is 18.3 Å². The van der Waals surface area contributed by atoms with Gasteiger partial charge in [-0.1, -0.05) is 30.3 Å². The summed E-state index contributed by atoms with van der Waals surface area (Å²) in [4.78, 5) is 6.07. The Morgan fingerprint density at radius 1 is 1.08 bits per heavy atom. The van der Waals surface area contributed by atoms with Gasteiger partial charge in [-0.2, -0.15) is 13.2 Å². The molecular formula is C18H22F3N3O+2. The maximum Gasteiger partial charge on any atom is 0.419 e. The molecule has 1 aromatic heterocycles. The van der Waals surface area contributed by atoms with Gasteiger partial charge in [-0.3, -0.25) is 4.90 Å². The van der Waals surface area contributed by atoms with Crippen molar-refractivity contribution in [2.24, 2.45) is 0 Å². The molecule has 1 aliphatic rings. The molecule has 2 aromatic rings. The van der Waals surface area contributed by atoms with Gasteiger partial charge in [0, 0.05) is 6.07 Å². The third-order valence-electron chi connectivity index (χ3n) is 4.60. The minimum Gasteiger partial charge on any atom is -0.382 e. The molecule has 3 rings (SSSR count). The molecule has 4 nitrogen and oxygen atoms in total. The van der Waals surface area contributed by atoms with Crippen molar-refractivity contribution in [1.82, 2.24) is 0 Å². The highest BCUT2D eigenvalue weighted by atomic mass is 19.4. The zero-order valence-corrected chi connectivity index (χ0v) is 13.8. The van der Waals surface area contributed by atoms with Gasteiger partial charge in [0.2, 0.25) is 0 Å². The van der Waals surface area contributed by atoms with Gasteiger partial charge >= 0.3 is 6.18 Å². The highest BCUT2D eigenvalue weighted by molar-refractivity contribution is 5.34. The fourth-order valence-electron chi connectivity index (χ4n) is 3.12. The number of piperazine rings is 1. The lowest BCUT2D eigenvalue weighted by molar-refractivity contribution is -0.904. The molecule has 1 aromatic carbocycles. The Balaban J connectivity index is 1.53. The second kappa shape index (κ2) is 7.41. The number of nitrogens with one attached hydrogen (secondary N) is 2. The number of rotatable bonds is 4. The van der Waals surface area contributed by atoms with Gasteiger partial charge in [0.25, 0.3) is 5.82 Å². The quantitative estimate of drug-likeness (QED) is 0.860. The lowest BCUT2D eigenvalue weighted by Gasteiger charge is -2.29. The number of aromatic amines is 1. The maximum atomic E-state index is 12.6. The first-order valence-electron chi connectivity index (χ1n) is 8.34. The molecule has 3 N–H and O–H groups in total. The van der Waals surface area contributed by atoms with Crippen molar-refractivity contribution in [2.45, 2.75) is 12.3 Å². The summed E-state index contributed by atoms with van der Waals surface area (Å²) in [5.41, 5.74) is 0.236. The first-order chi connectivity index (χ1) is 11.9. The van der Waals surface area contributed by atoms with Crippen LogP contribution in [0.5, 0.6) is 0 Å². The normalized spacial score (nSPS) is 17.5. The number of nitrogens with zero attached hydrogens (tertiary/aromatic N) is 1. The maximum absolute atomic E-state index is 12.6.